The van der Waals surface area contributed by atoms with Crippen molar-refractivity contribution in [3.05, 3.63) is 64.7 Å². The molecule has 0 spiro atoms. The van der Waals surface area contributed by atoms with Crippen molar-refractivity contribution in [1.82, 2.24) is 5.32 Å². The quantitative estimate of drug-likeness (QED) is 0.627. The topological polar surface area (TPSA) is 59.6 Å². The molecule has 1 fully saturated rings. The summed E-state index contributed by atoms with van der Waals surface area (Å²) in [5.41, 5.74) is 4.90. The Kier molecular flexibility index (Phi) is 4.19. The Balaban J connectivity index is 1.50. The molecular formula is C20H22N2O3. The molecule has 130 valence electrons. The first-order chi connectivity index (χ1) is 12.2. The van der Waals surface area contributed by atoms with Gasteiger partial charge in [0.15, 0.2) is 0 Å². The monoisotopic (exact) mass is 338 g/mol. The lowest BCUT2D eigenvalue weighted by Crippen LogP contribution is -2.35. The molecule has 2 aliphatic rings. The molecule has 4 rings (SSSR count). The molecule has 0 atom stereocenters. The van der Waals surface area contributed by atoms with Gasteiger partial charge in [0.05, 0.1) is 23.9 Å². The van der Waals surface area contributed by atoms with Crippen LogP contribution in [0.3, 0.4) is 0 Å². The number of nitrogens with one attached hydrogen (secondary N) is 2. The summed E-state index contributed by atoms with van der Waals surface area (Å²) >= 11 is 0. The van der Waals surface area contributed by atoms with E-state index in [4.69, 9.17) is 4.89 Å². The van der Waals surface area contributed by atoms with E-state index in [0.29, 0.717) is 6.61 Å². The van der Waals surface area contributed by atoms with Crippen LogP contribution in [-0.2, 0) is 28.3 Å². The van der Waals surface area contributed by atoms with Crippen LogP contribution in [0.5, 0.6) is 0 Å². The Bertz CT molecular complexity index is 782. The number of carbonyl (C=O) groups is 1. The molecule has 0 saturated heterocycles. The third-order valence-corrected chi connectivity index (χ3v) is 5.04. The minimum absolute atomic E-state index is 0.00413. The number of para-hydroxylation sites is 1. The van der Waals surface area contributed by atoms with Crippen LogP contribution in [0.15, 0.2) is 42.5 Å². The maximum Gasteiger partial charge on any atom is 0.254 e. The molecule has 0 bridgehead atoms. The van der Waals surface area contributed by atoms with Crippen molar-refractivity contribution in [3.63, 3.8) is 0 Å². The first-order valence-electron chi connectivity index (χ1n) is 8.65. The fourth-order valence-electron chi connectivity index (χ4n) is 3.47. The maximum atomic E-state index is 12.9. The average molecular weight is 338 g/mol. The second-order valence-corrected chi connectivity index (χ2v) is 6.68. The van der Waals surface area contributed by atoms with E-state index < -0.39 is 0 Å². The number of hydrogen-bond acceptors (Lipinski definition) is 4. The van der Waals surface area contributed by atoms with Crippen molar-refractivity contribution in [2.75, 3.05) is 19.0 Å². The fraction of sp³-hybridized carbons (Fsp3) is 0.350. The summed E-state index contributed by atoms with van der Waals surface area (Å²) in [6.07, 6.45) is 2.91. The fourth-order valence-corrected chi connectivity index (χ4v) is 3.47. The third-order valence-electron chi connectivity index (χ3n) is 5.04. The van der Waals surface area contributed by atoms with E-state index >= 15 is 0 Å². The molecule has 25 heavy (non-hydrogen) atoms. The van der Waals surface area contributed by atoms with Crippen molar-refractivity contribution >= 4 is 11.6 Å². The molecule has 2 N–H and O–H groups in total. The van der Waals surface area contributed by atoms with E-state index in [0.717, 1.165) is 48.2 Å². The highest BCUT2D eigenvalue weighted by molar-refractivity contribution is 6.01. The second kappa shape index (κ2) is 6.50. The lowest BCUT2D eigenvalue weighted by atomic mass is 10.0. The Hall–Kier alpha value is -2.37. The van der Waals surface area contributed by atoms with Crippen molar-refractivity contribution in [2.24, 2.45) is 0 Å². The van der Waals surface area contributed by atoms with E-state index in [-0.39, 0.29) is 11.4 Å². The van der Waals surface area contributed by atoms with Gasteiger partial charge in [0, 0.05) is 6.54 Å². The number of benzene rings is 2. The molecule has 1 heterocycles. The van der Waals surface area contributed by atoms with Gasteiger partial charge in [-0.15, -0.1) is 0 Å². The molecule has 0 aromatic heterocycles. The maximum absolute atomic E-state index is 12.9. The van der Waals surface area contributed by atoms with Gasteiger partial charge < -0.3 is 10.6 Å². The summed E-state index contributed by atoms with van der Waals surface area (Å²) in [6, 6.07) is 14.1. The van der Waals surface area contributed by atoms with Crippen molar-refractivity contribution in [2.45, 2.75) is 31.4 Å². The van der Waals surface area contributed by atoms with Gasteiger partial charge in [-0.3, -0.25) is 4.79 Å². The molecule has 5 nitrogen and oxygen atoms in total. The van der Waals surface area contributed by atoms with Crippen LogP contribution in [0.25, 0.3) is 0 Å². The Labute approximate surface area is 147 Å². The van der Waals surface area contributed by atoms with Crippen LogP contribution >= 0.6 is 0 Å². The largest absolute Gasteiger partial charge is 0.384 e. The van der Waals surface area contributed by atoms with Crippen LogP contribution in [0.4, 0.5) is 5.69 Å². The van der Waals surface area contributed by atoms with E-state index in [2.05, 4.69) is 33.7 Å². The highest BCUT2D eigenvalue weighted by Gasteiger charge is 2.46. The molecule has 1 aliphatic carbocycles. The van der Waals surface area contributed by atoms with Gasteiger partial charge in [-0.1, -0.05) is 36.4 Å². The van der Waals surface area contributed by atoms with Gasteiger partial charge in [-0.2, -0.15) is 0 Å². The average Bonchev–Trinajstić information content (AvgIpc) is 3.25. The number of anilines is 1. The Morgan fingerprint density at radius 1 is 1.20 bits per heavy atom. The SMILES string of the molecule is COOCc1ccc(C2(NC(=O)c3cccc4c3NCC4)CC2)cc1. The molecular weight excluding hydrogens is 316 g/mol. The van der Waals surface area contributed by atoms with Gasteiger partial charge in [0.1, 0.15) is 6.61 Å². The first-order valence-corrected chi connectivity index (χ1v) is 8.65. The van der Waals surface area contributed by atoms with Crippen molar-refractivity contribution < 1.29 is 14.6 Å². The number of carbonyl (C=O) groups excluding carboxylic acids is 1. The molecule has 1 amide bonds. The van der Waals surface area contributed by atoms with Gasteiger partial charge >= 0.3 is 0 Å². The Morgan fingerprint density at radius 2 is 2.00 bits per heavy atom. The number of hydrogen-bond donors (Lipinski definition) is 2. The van der Waals surface area contributed by atoms with E-state index in [1.165, 1.54) is 12.7 Å². The van der Waals surface area contributed by atoms with Crippen LogP contribution in [0.1, 0.15) is 39.9 Å². The van der Waals surface area contributed by atoms with Gasteiger partial charge in [-0.05, 0) is 42.0 Å². The lowest BCUT2D eigenvalue weighted by molar-refractivity contribution is -0.282. The summed E-state index contributed by atoms with van der Waals surface area (Å²) in [7, 11) is 1.50. The highest BCUT2D eigenvalue weighted by atomic mass is 17.2. The number of amides is 1. The standard InChI is InChI=1S/C20H22N2O3/c1-24-25-13-14-5-7-16(8-6-14)20(10-11-20)22-19(23)17-4-2-3-15-9-12-21-18(15)17/h2-8,21H,9-13H2,1H3,(H,22,23). The second-order valence-electron chi connectivity index (χ2n) is 6.68. The van der Waals surface area contributed by atoms with Crippen LogP contribution < -0.4 is 10.6 Å². The zero-order chi connectivity index (χ0) is 17.3. The lowest BCUT2D eigenvalue weighted by Gasteiger charge is -2.19. The van der Waals surface area contributed by atoms with Gasteiger partial charge in [-0.25, -0.2) is 9.78 Å². The van der Waals surface area contributed by atoms with Crippen molar-refractivity contribution in [3.8, 4) is 0 Å². The van der Waals surface area contributed by atoms with Gasteiger partial charge in [0.25, 0.3) is 5.91 Å². The summed E-state index contributed by atoms with van der Waals surface area (Å²) < 4.78 is 0. The van der Waals surface area contributed by atoms with Crippen LogP contribution in [0, 0.1) is 0 Å². The van der Waals surface area contributed by atoms with Crippen molar-refractivity contribution in [1.29, 1.82) is 0 Å². The van der Waals surface area contributed by atoms with E-state index in [1.807, 2.05) is 24.3 Å². The summed E-state index contributed by atoms with van der Waals surface area (Å²) in [5.74, 6) is -0.00413. The predicted molar refractivity (Wildman–Crippen MR) is 95.3 cm³/mol. The molecule has 5 heteroatoms. The van der Waals surface area contributed by atoms with Crippen LogP contribution in [0.2, 0.25) is 0 Å². The minimum atomic E-state index is -0.237. The predicted octanol–water partition coefficient (Wildman–Crippen LogP) is 3.15. The first kappa shape index (κ1) is 16.1. The zero-order valence-corrected chi connectivity index (χ0v) is 14.3. The minimum Gasteiger partial charge on any atom is -0.384 e. The third kappa shape index (κ3) is 3.13. The summed E-state index contributed by atoms with van der Waals surface area (Å²) in [5, 5.41) is 6.59. The van der Waals surface area contributed by atoms with Gasteiger partial charge in [0.2, 0.25) is 0 Å². The number of rotatable bonds is 6. The Morgan fingerprint density at radius 3 is 2.72 bits per heavy atom. The molecule has 0 unspecified atom stereocenters. The normalized spacial score (nSPS) is 16.8. The van der Waals surface area contributed by atoms with E-state index in [1.54, 1.807) is 0 Å². The van der Waals surface area contributed by atoms with E-state index in [9.17, 15) is 4.79 Å². The smallest absolute Gasteiger partial charge is 0.254 e. The summed E-state index contributed by atoms with van der Waals surface area (Å²) in [6.45, 7) is 1.31. The molecule has 1 saturated carbocycles. The molecule has 1 aliphatic heterocycles. The molecule has 2 aromatic rings. The highest BCUT2D eigenvalue weighted by Crippen LogP contribution is 2.46. The number of fused-ring (bicyclic) bond motifs is 1. The molecule has 2 aromatic carbocycles. The zero-order valence-electron chi connectivity index (χ0n) is 14.3. The summed E-state index contributed by atoms with van der Waals surface area (Å²) in [4.78, 5) is 22.4. The van der Waals surface area contributed by atoms with Crippen LogP contribution in [-0.4, -0.2) is 19.6 Å². The molecule has 0 radical (unpaired) electrons.